The molecule has 2 aliphatic heterocycles. The summed E-state index contributed by atoms with van der Waals surface area (Å²) in [6, 6.07) is 20.3. The van der Waals surface area contributed by atoms with Crippen LogP contribution in [0.4, 0.5) is 0 Å². The van der Waals surface area contributed by atoms with Crippen LogP contribution < -0.4 is 10.2 Å². The van der Waals surface area contributed by atoms with Gasteiger partial charge in [-0.1, -0.05) is 36.4 Å². The number of carbonyl (C=O) groups is 6. The van der Waals surface area contributed by atoms with Crippen LogP contribution in [0.15, 0.2) is 102 Å². The van der Waals surface area contributed by atoms with Crippen LogP contribution in [0, 0.1) is 0 Å². The summed E-state index contributed by atoms with van der Waals surface area (Å²) >= 11 is 0. The fourth-order valence-corrected chi connectivity index (χ4v) is 7.54. The summed E-state index contributed by atoms with van der Waals surface area (Å²) in [4.78, 5) is 108. The summed E-state index contributed by atoms with van der Waals surface area (Å²) in [5.41, 5.74) is 2.04. The van der Waals surface area contributed by atoms with Gasteiger partial charge in [0.05, 0.1) is 29.0 Å². The number of aromatic amines is 3. The number of piperazine rings is 2. The monoisotopic (exact) mass is 798 g/mol. The van der Waals surface area contributed by atoms with Gasteiger partial charge in [-0.05, 0) is 44.2 Å². The molecular formula is C43H42N8O8. The Morgan fingerprint density at radius 2 is 1.15 bits per heavy atom. The van der Waals surface area contributed by atoms with Crippen LogP contribution in [0.25, 0.3) is 22.1 Å². The number of nitrogens with zero attached hydrogens (tertiary/aromatic N) is 5. The largest absolute Gasteiger partial charge is 0.496 e. The van der Waals surface area contributed by atoms with Gasteiger partial charge in [0.15, 0.2) is 5.43 Å². The number of hydrogen-bond acceptors (Lipinski definition) is 9. The van der Waals surface area contributed by atoms with Crippen molar-refractivity contribution in [2.75, 3.05) is 46.4 Å². The zero-order valence-corrected chi connectivity index (χ0v) is 32.6. The molecule has 0 aliphatic carbocycles. The molecule has 0 unspecified atom stereocenters. The van der Waals surface area contributed by atoms with Crippen LogP contribution in [0.5, 0.6) is 5.75 Å². The van der Waals surface area contributed by atoms with E-state index < -0.39 is 23.4 Å². The minimum Gasteiger partial charge on any atom is -0.496 e. The maximum atomic E-state index is 13.0. The predicted octanol–water partition coefficient (Wildman–Crippen LogP) is 3.54. The van der Waals surface area contributed by atoms with Crippen molar-refractivity contribution in [3.8, 4) is 5.75 Å². The number of rotatable bonds is 7. The molecule has 8 rings (SSSR count). The number of methoxy groups -OCH3 is 1. The highest BCUT2D eigenvalue weighted by Crippen LogP contribution is 2.28. The van der Waals surface area contributed by atoms with Gasteiger partial charge in [-0.3, -0.25) is 33.6 Å². The fourth-order valence-electron chi connectivity index (χ4n) is 7.54. The van der Waals surface area contributed by atoms with Gasteiger partial charge in [0.2, 0.25) is 0 Å². The quantitative estimate of drug-likeness (QED) is 0.160. The van der Waals surface area contributed by atoms with Crippen molar-refractivity contribution in [3.05, 3.63) is 130 Å². The Labute approximate surface area is 337 Å². The maximum absolute atomic E-state index is 13.0. The van der Waals surface area contributed by atoms with Gasteiger partial charge in [0, 0.05) is 93.3 Å². The number of ether oxygens (including phenoxy) is 1. The van der Waals surface area contributed by atoms with E-state index in [-0.39, 0.29) is 52.4 Å². The molecule has 0 bridgehead atoms. The number of nitrogens with one attached hydrogen (secondary N) is 3. The number of ketones is 2. The number of H-pyrrole nitrogens is 3. The molecule has 0 saturated carbocycles. The molecular weight excluding hydrogens is 757 g/mol. The summed E-state index contributed by atoms with van der Waals surface area (Å²) in [5.74, 6) is -2.32. The van der Waals surface area contributed by atoms with E-state index >= 15 is 0 Å². The number of carbonyl (C=O) groups excluding carboxylic acids is 6. The molecule has 16 heteroatoms. The highest BCUT2D eigenvalue weighted by Gasteiger charge is 2.36. The Hall–Kier alpha value is -7.36. The first kappa shape index (κ1) is 39.9. The topological polar surface area (TPSA) is 202 Å². The summed E-state index contributed by atoms with van der Waals surface area (Å²) in [6.45, 7) is 5.60. The fraction of sp³-hybridized carbons (Fsp3) is 0.256. The lowest BCUT2D eigenvalue weighted by molar-refractivity contribution is -0.130. The van der Waals surface area contributed by atoms with Gasteiger partial charge in [-0.15, -0.1) is 0 Å². The molecule has 0 radical (unpaired) electrons. The molecule has 302 valence electrons. The van der Waals surface area contributed by atoms with Gasteiger partial charge in [-0.25, -0.2) is 4.98 Å². The SMILES string of the molecule is COc1ccnc2[nH]cc(C(=O)C(=O)N3CCN(C(=O)c4ccccc4)C[C@H]3C)c12.C[C@@H]1CN(C(=O)c2ccccc2)CCN1C(=O)C(=O)c1c[nH]c2[nH]ccc(=O)c12. The maximum Gasteiger partial charge on any atom is 0.295 e. The number of fused-ring (bicyclic) bond motifs is 2. The predicted molar refractivity (Wildman–Crippen MR) is 217 cm³/mol. The second-order valence-corrected chi connectivity index (χ2v) is 14.3. The van der Waals surface area contributed by atoms with E-state index in [9.17, 15) is 33.6 Å². The first-order chi connectivity index (χ1) is 28.5. The van der Waals surface area contributed by atoms with Crippen LogP contribution in [-0.2, 0) is 9.59 Å². The molecule has 2 atom stereocenters. The van der Waals surface area contributed by atoms with E-state index in [1.54, 1.807) is 65.4 Å². The second-order valence-electron chi connectivity index (χ2n) is 14.3. The molecule has 59 heavy (non-hydrogen) atoms. The van der Waals surface area contributed by atoms with Crippen LogP contribution >= 0.6 is 0 Å². The normalized spacial score (nSPS) is 16.7. The van der Waals surface area contributed by atoms with E-state index in [4.69, 9.17) is 4.74 Å². The molecule has 4 aromatic heterocycles. The standard InChI is InChI=1S/C22H22N4O4.C21H20N4O4/c1-14-13-25(21(28)15-6-4-3-5-7-15)10-11-26(14)22(29)19(27)16-12-24-20-18(16)17(30-2)8-9-23-20;1-13-12-24(20(28)14-5-3-2-4-6-14)9-10-25(13)21(29)18(27)15-11-23-19-17(15)16(26)7-8-22-19/h3-9,12,14H,10-11,13H2,1-2H3,(H,23,24);2-8,11,13H,9-10,12H2,1H3,(H2,22,23,26)/t14-;13-/m11/s1. The minimum absolute atomic E-state index is 0.0573. The number of amides is 4. The third-order valence-corrected chi connectivity index (χ3v) is 10.6. The molecule has 4 amide bonds. The third kappa shape index (κ3) is 7.97. The molecule has 6 heterocycles. The summed E-state index contributed by atoms with van der Waals surface area (Å²) in [6.07, 6.45) is 5.91. The zero-order valence-electron chi connectivity index (χ0n) is 32.6. The van der Waals surface area contributed by atoms with E-state index in [0.29, 0.717) is 66.3 Å². The zero-order chi connectivity index (χ0) is 41.8. The average Bonchev–Trinajstić information content (AvgIpc) is 3.92. The smallest absolute Gasteiger partial charge is 0.295 e. The Morgan fingerprint density at radius 1 is 0.644 bits per heavy atom. The summed E-state index contributed by atoms with van der Waals surface area (Å²) in [5, 5.41) is 0.667. The lowest BCUT2D eigenvalue weighted by Crippen LogP contribution is -2.56. The molecule has 2 aromatic carbocycles. The number of pyridine rings is 2. The Balaban J connectivity index is 0.000000179. The summed E-state index contributed by atoms with van der Waals surface area (Å²) in [7, 11) is 1.50. The van der Waals surface area contributed by atoms with E-state index in [2.05, 4.69) is 19.9 Å². The number of Topliss-reactive ketones (excluding diaryl/α,β-unsaturated/α-hetero) is 2. The lowest BCUT2D eigenvalue weighted by atomic mass is 10.1. The first-order valence-electron chi connectivity index (χ1n) is 19.1. The molecule has 0 spiro atoms. The van der Waals surface area contributed by atoms with Crippen molar-refractivity contribution in [1.82, 2.24) is 39.5 Å². The molecule has 3 N–H and O–H groups in total. The average molecular weight is 799 g/mol. The second kappa shape index (κ2) is 17.0. The van der Waals surface area contributed by atoms with Crippen molar-refractivity contribution in [1.29, 1.82) is 0 Å². The van der Waals surface area contributed by atoms with Gasteiger partial charge in [0.1, 0.15) is 17.0 Å². The van der Waals surface area contributed by atoms with Crippen LogP contribution in [-0.4, -0.2) is 133 Å². The highest BCUT2D eigenvalue weighted by molar-refractivity contribution is 6.45. The van der Waals surface area contributed by atoms with Crippen LogP contribution in [0.1, 0.15) is 55.3 Å². The van der Waals surface area contributed by atoms with E-state index in [1.807, 2.05) is 31.2 Å². The Kier molecular flexibility index (Phi) is 11.5. The molecule has 16 nitrogen and oxygen atoms in total. The number of benzene rings is 2. The Morgan fingerprint density at radius 3 is 1.66 bits per heavy atom. The van der Waals surface area contributed by atoms with Crippen LogP contribution in [0.2, 0.25) is 0 Å². The number of hydrogen-bond donors (Lipinski definition) is 3. The number of aromatic nitrogens is 4. The molecule has 6 aromatic rings. The van der Waals surface area contributed by atoms with Crippen molar-refractivity contribution in [3.63, 3.8) is 0 Å². The van der Waals surface area contributed by atoms with Gasteiger partial charge >= 0.3 is 0 Å². The molecule has 2 saturated heterocycles. The summed E-state index contributed by atoms with van der Waals surface area (Å²) < 4.78 is 5.32. The molecule has 2 aliphatic rings. The van der Waals surface area contributed by atoms with Crippen molar-refractivity contribution < 1.29 is 33.5 Å². The van der Waals surface area contributed by atoms with Crippen molar-refractivity contribution in [2.24, 2.45) is 0 Å². The lowest BCUT2D eigenvalue weighted by Gasteiger charge is -2.39. The van der Waals surface area contributed by atoms with Crippen molar-refractivity contribution >= 4 is 57.3 Å². The Bertz CT molecular complexity index is 2620. The van der Waals surface area contributed by atoms with Gasteiger partial charge in [-0.2, -0.15) is 0 Å². The highest BCUT2D eigenvalue weighted by atomic mass is 16.5. The van der Waals surface area contributed by atoms with E-state index in [0.717, 1.165) is 0 Å². The van der Waals surface area contributed by atoms with Gasteiger partial charge < -0.3 is 39.3 Å². The molecule has 2 fully saturated rings. The van der Waals surface area contributed by atoms with Crippen LogP contribution in [0.3, 0.4) is 0 Å². The minimum atomic E-state index is -0.734. The van der Waals surface area contributed by atoms with Gasteiger partial charge in [0.25, 0.3) is 35.2 Å². The third-order valence-electron chi connectivity index (χ3n) is 10.6. The first-order valence-corrected chi connectivity index (χ1v) is 19.1. The van der Waals surface area contributed by atoms with E-state index in [1.165, 1.54) is 41.6 Å². The van der Waals surface area contributed by atoms with Crippen molar-refractivity contribution in [2.45, 2.75) is 25.9 Å².